The minimum atomic E-state index is -3.42. The first-order valence-electron chi connectivity index (χ1n) is 8.15. The lowest BCUT2D eigenvalue weighted by Gasteiger charge is -2.19. The van der Waals surface area contributed by atoms with Crippen molar-refractivity contribution in [3.05, 3.63) is 29.8 Å². The maximum absolute atomic E-state index is 12.4. The van der Waals surface area contributed by atoms with Crippen LogP contribution in [0, 0.1) is 5.92 Å². The molecule has 0 fully saturated rings. The summed E-state index contributed by atoms with van der Waals surface area (Å²) >= 11 is 0. The van der Waals surface area contributed by atoms with Gasteiger partial charge in [0.05, 0.1) is 4.90 Å². The SMILES string of the molecule is CC(C)CCCC(C)NS(=O)(=O)c1ccc(C(C)(C)C)cc1. The lowest BCUT2D eigenvalue weighted by molar-refractivity contribution is 0.488. The Morgan fingerprint density at radius 2 is 1.55 bits per heavy atom. The molecule has 0 aliphatic rings. The average Bonchev–Trinajstić information content (AvgIpc) is 2.36. The van der Waals surface area contributed by atoms with Crippen molar-refractivity contribution in [3.8, 4) is 0 Å². The van der Waals surface area contributed by atoms with Crippen LogP contribution in [0.4, 0.5) is 0 Å². The Hall–Kier alpha value is -0.870. The van der Waals surface area contributed by atoms with Crippen LogP contribution in [0.1, 0.15) is 66.4 Å². The summed E-state index contributed by atoms with van der Waals surface area (Å²) in [4.78, 5) is 0.344. The second-order valence-electron chi connectivity index (χ2n) is 7.62. The lowest BCUT2D eigenvalue weighted by atomic mass is 9.87. The summed E-state index contributed by atoms with van der Waals surface area (Å²) in [6, 6.07) is 7.16. The standard InChI is InChI=1S/C18H31NO2S/c1-14(2)8-7-9-15(3)19-22(20,21)17-12-10-16(11-13-17)18(4,5)6/h10-15,19H,7-9H2,1-6H3. The molecule has 1 unspecified atom stereocenters. The van der Waals surface area contributed by atoms with Gasteiger partial charge in [0.1, 0.15) is 0 Å². The molecule has 0 amide bonds. The Labute approximate surface area is 136 Å². The fraction of sp³-hybridized carbons (Fsp3) is 0.667. The fourth-order valence-corrected chi connectivity index (χ4v) is 3.64. The van der Waals surface area contributed by atoms with Crippen LogP contribution >= 0.6 is 0 Å². The highest BCUT2D eigenvalue weighted by Gasteiger charge is 2.19. The topological polar surface area (TPSA) is 46.2 Å². The Bertz CT molecular complexity index is 554. The van der Waals surface area contributed by atoms with Crippen LogP contribution in [0.5, 0.6) is 0 Å². The quantitative estimate of drug-likeness (QED) is 0.803. The highest BCUT2D eigenvalue weighted by Crippen LogP contribution is 2.23. The van der Waals surface area contributed by atoms with Crippen molar-refractivity contribution in [2.45, 2.75) is 77.2 Å². The van der Waals surface area contributed by atoms with Crippen LogP contribution in [-0.2, 0) is 15.4 Å². The molecule has 0 bridgehead atoms. The van der Waals surface area contributed by atoms with E-state index in [4.69, 9.17) is 0 Å². The van der Waals surface area contributed by atoms with E-state index in [0.29, 0.717) is 10.8 Å². The summed E-state index contributed by atoms with van der Waals surface area (Å²) in [5, 5.41) is 0. The molecular weight excluding hydrogens is 294 g/mol. The van der Waals surface area contributed by atoms with E-state index >= 15 is 0 Å². The maximum atomic E-state index is 12.4. The van der Waals surface area contributed by atoms with Crippen molar-refractivity contribution in [1.82, 2.24) is 4.72 Å². The third-order valence-electron chi connectivity index (χ3n) is 3.81. The minimum Gasteiger partial charge on any atom is -0.208 e. The van der Waals surface area contributed by atoms with Crippen LogP contribution in [-0.4, -0.2) is 14.5 Å². The Morgan fingerprint density at radius 3 is 2.00 bits per heavy atom. The van der Waals surface area contributed by atoms with Gasteiger partial charge in [0.15, 0.2) is 0 Å². The normalized spacial score (nSPS) is 14.3. The van der Waals surface area contributed by atoms with Gasteiger partial charge in [-0.15, -0.1) is 0 Å². The molecule has 22 heavy (non-hydrogen) atoms. The molecule has 0 heterocycles. The van der Waals surface area contributed by atoms with Crippen molar-refractivity contribution < 1.29 is 8.42 Å². The summed E-state index contributed by atoms with van der Waals surface area (Å²) in [6.07, 6.45) is 3.05. The Morgan fingerprint density at radius 1 is 1.00 bits per heavy atom. The van der Waals surface area contributed by atoms with Crippen molar-refractivity contribution in [2.24, 2.45) is 5.92 Å². The number of hydrogen-bond donors (Lipinski definition) is 1. The molecule has 1 N–H and O–H groups in total. The molecule has 0 radical (unpaired) electrons. The van der Waals surface area contributed by atoms with Gasteiger partial charge in [-0.1, -0.05) is 59.6 Å². The fourth-order valence-electron chi connectivity index (χ4n) is 2.36. The van der Waals surface area contributed by atoms with Gasteiger partial charge in [0.2, 0.25) is 10.0 Å². The van der Waals surface area contributed by atoms with Crippen LogP contribution in [0.2, 0.25) is 0 Å². The largest absolute Gasteiger partial charge is 0.240 e. The monoisotopic (exact) mass is 325 g/mol. The predicted octanol–water partition coefficient (Wildman–Crippen LogP) is 4.48. The molecule has 1 rings (SSSR count). The van der Waals surface area contributed by atoms with E-state index in [9.17, 15) is 8.42 Å². The number of rotatable bonds is 7. The van der Waals surface area contributed by atoms with E-state index in [1.165, 1.54) is 0 Å². The molecule has 0 aliphatic heterocycles. The summed E-state index contributed by atoms with van der Waals surface area (Å²) in [6.45, 7) is 12.7. The van der Waals surface area contributed by atoms with Gasteiger partial charge in [-0.2, -0.15) is 0 Å². The van der Waals surface area contributed by atoms with Gasteiger partial charge in [-0.05, 0) is 42.4 Å². The first-order valence-corrected chi connectivity index (χ1v) is 9.63. The molecule has 0 aliphatic carbocycles. The molecule has 0 spiro atoms. The second kappa shape index (κ2) is 7.60. The summed E-state index contributed by atoms with van der Waals surface area (Å²) < 4.78 is 27.6. The van der Waals surface area contributed by atoms with E-state index in [-0.39, 0.29) is 11.5 Å². The van der Waals surface area contributed by atoms with Crippen molar-refractivity contribution in [1.29, 1.82) is 0 Å². The maximum Gasteiger partial charge on any atom is 0.240 e. The van der Waals surface area contributed by atoms with Gasteiger partial charge >= 0.3 is 0 Å². The zero-order chi connectivity index (χ0) is 17.0. The van der Waals surface area contributed by atoms with E-state index in [2.05, 4.69) is 39.3 Å². The van der Waals surface area contributed by atoms with Gasteiger partial charge in [-0.3, -0.25) is 0 Å². The predicted molar refractivity (Wildman–Crippen MR) is 93.6 cm³/mol. The van der Waals surface area contributed by atoms with Crippen LogP contribution in [0.15, 0.2) is 29.2 Å². The van der Waals surface area contributed by atoms with Crippen molar-refractivity contribution in [3.63, 3.8) is 0 Å². The van der Waals surface area contributed by atoms with Crippen LogP contribution in [0.3, 0.4) is 0 Å². The number of hydrogen-bond acceptors (Lipinski definition) is 2. The van der Waals surface area contributed by atoms with Crippen LogP contribution in [0.25, 0.3) is 0 Å². The lowest BCUT2D eigenvalue weighted by Crippen LogP contribution is -2.32. The van der Waals surface area contributed by atoms with Crippen LogP contribution < -0.4 is 4.72 Å². The van der Waals surface area contributed by atoms with E-state index in [1.54, 1.807) is 12.1 Å². The molecule has 126 valence electrons. The highest BCUT2D eigenvalue weighted by molar-refractivity contribution is 7.89. The van der Waals surface area contributed by atoms with Gasteiger partial charge in [0, 0.05) is 6.04 Å². The first-order chi connectivity index (χ1) is 10.0. The second-order valence-corrected chi connectivity index (χ2v) is 9.34. The Balaban J connectivity index is 2.70. The summed E-state index contributed by atoms with van der Waals surface area (Å²) in [5.41, 5.74) is 1.16. The highest BCUT2D eigenvalue weighted by atomic mass is 32.2. The zero-order valence-corrected chi connectivity index (χ0v) is 15.6. The van der Waals surface area contributed by atoms with E-state index in [0.717, 1.165) is 24.8 Å². The first kappa shape index (κ1) is 19.2. The minimum absolute atomic E-state index is 0.0276. The third kappa shape index (κ3) is 6.09. The number of nitrogens with one attached hydrogen (secondary N) is 1. The van der Waals surface area contributed by atoms with Gasteiger partial charge in [0.25, 0.3) is 0 Å². The molecule has 0 saturated carbocycles. The summed E-state index contributed by atoms with van der Waals surface area (Å²) in [5.74, 6) is 0.661. The number of benzene rings is 1. The van der Waals surface area contributed by atoms with Gasteiger partial charge < -0.3 is 0 Å². The molecule has 4 heteroatoms. The molecular formula is C18H31NO2S. The third-order valence-corrected chi connectivity index (χ3v) is 5.41. The summed E-state index contributed by atoms with van der Waals surface area (Å²) in [7, 11) is -3.42. The molecule has 3 nitrogen and oxygen atoms in total. The molecule has 1 aromatic carbocycles. The average molecular weight is 326 g/mol. The Kier molecular flexibility index (Phi) is 6.63. The van der Waals surface area contributed by atoms with E-state index in [1.807, 2.05) is 19.1 Å². The smallest absolute Gasteiger partial charge is 0.208 e. The van der Waals surface area contributed by atoms with E-state index < -0.39 is 10.0 Å². The zero-order valence-electron chi connectivity index (χ0n) is 14.8. The number of sulfonamides is 1. The molecule has 1 aromatic rings. The molecule has 1 atom stereocenters. The molecule has 0 saturated heterocycles. The van der Waals surface area contributed by atoms with Gasteiger partial charge in [-0.25, -0.2) is 13.1 Å². The van der Waals surface area contributed by atoms with Crippen molar-refractivity contribution >= 4 is 10.0 Å². The van der Waals surface area contributed by atoms with Crippen molar-refractivity contribution in [2.75, 3.05) is 0 Å². The molecule has 0 aromatic heterocycles.